The van der Waals surface area contributed by atoms with Crippen LogP contribution < -0.4 is 4.74 Å². The van der Waals surface area contributed by atoms with E-state index in [-0.39, 0.29) is 13.2 Å². The number of ether oxygens (including phenoxy) is 3. The Balaban J connectivity index is 2.38. The highest BCUT2D eigenvalue weighted by Crippen LogP contribution is 2.13. The minimum Gasteiger partial charge on any atom is -0.497 e. The van der Waals surface area contributed by atoms with E-state index in [1.807, 2.05) is 40.8 Å². The Kier molecular flexibility index (Phi) is 6.25. The van der Waals surface area contributed by atoms with E-state index in [4.69, 9.17) is 9.47 Å². The van der Waals surface area contributed by atoms with E-state index in [9.17, 15) is 4.79 Å². The lowest BCUT2D eigenvalue weighted by Crippen LogP contribution is -2.07. The molecule has 1 rings (SSSR count). The summed E-state index contributed by atoms with van der Waals surface area (Å²) in [7, 11) is 1.58. The smallest absolute Gasteiger partial charge is 0.497 e. The second-order valence-electron chi connectivity index (χ2n) is 2.95. The number of carbonyl (C=O) groups excluding carboxylic acids is 1. The third-order valence-corrected chi connectivity index (χ3v) is 2.20. The van der Waals surface area contributed by atoms with Gasteiger partial charge in [0.05, 0.1) is 7.11 Å². The Morgan fingerprint density at radius 1 is 1.41 bits per heavy atom. The molecule has 0 aromatic heterocycles. The number of hydrogen-bond acceptors (Lipinski definition) is 4. The average molecular weight is 346 g/mol. The highest BCUT2D eigenvalue weighted by Gasteiger charge is 2.03. The third-order valence-electron chi connectivity index (χ3n) is 1.82. The summed E-state index contributed by atoms with van der Waals surface area (Å²) in [5, 5.41) is 0. The van der Waals surface area contributed by atoms with Gasteiger partial charge in [0.2, 0.25) is 0 Å². The third kappa shape index (κ3) is 5.45. The number of halogens is 1. The largest absolute Gasteiger partial charge is 0.509 e. The minimum absolute atomic E-state index is 0.0416. The molecule has 0 amide bonds. The molecule has 90 valence electrons. The van der Waals surface area contributed by atoms with Gasteiger partial charge in [0.15, 0.2) is 6.61 Å². The summed E-state index contributed by atoms with van der Waals surface area (Å²) >= 11 is 1.87. The topological polar surface area (TPSA) is 44.8 Å². The molecule has 0 unspecified atom stereocenters. The van der Waals surface area contributed by atoms with E-state index in [1.54, 1.807) is 13.2 Å². The molecule has 0 atom stereocenters. The van der Waals surface area contributed by atoms with Gasteiger partial charge in [-0.15, -0.1) is 0 Å². The number of rotatable bonds is 4. The van der Waals surface area contributed by atoms with Gasteiger partial charge in [0.1, 0.15) is 12.4 Å². The maximum atomic E-state index is 11.1. The molecule has 1 aromatic carbocycles. The number of methoxy groups -OCH3 is 1. The monoisotopic (exact) mass is 346 g/mol. The fourth-order valence-corrected chi connectivity index (χ4v) is 1.22. The quantitative estimate of drug-likeness (QED) is 0.478. The summed E-state index contributed by atoms with van der Waals surface area (Å²) < 4.78 is 17.2. The molecule has 0 saturated heterocycles. The highest BCUT2D eigenvalue weighted by atomic mass is 127. The molecule has 5 heteroatoms. The molecule has 0 aliphatic rings. The van der Waals surface area contributed by atoms with E-state index >= 15 is 0 Å². The second kappa shape index (κ2) is 7.79. The van der Waals surface area contributed by atoms with Crippen molar-refractivity contribution in [3.05, 3.63) is 29.8 Å². The Bertz CT molecular complexity index is 434. The van der Waals surface area contributed by atoms with Gasteiger partial charge in [-0.1, -0.05) is 18.1 Å². The van der Waals surface area contributed by atoms with Gasteiger partial charge in [0, 0.05) is 22.6 Å². The predicted octanol–water partition coefficient (Wildman–Crippen LogP) is 2.74. The van der Waals surface area contributed by atoms with Gasteiger partial charge in [-0.3, -0.25) is 0 Å². The Labute approximate surface area is 113 Å². The van der Waals surface area contributed by atoms with E-state index in [1.165, 1.54) is 0 Å². The van der Waals surface area contributed by atoms with Crippen LogP contribution in [0.1, 0.15) is 5.56 Å². The fourth-order valence-electron chi connectivity index (χ4n) is 1.07. The van der Waals surface area contributed by atoms with Crippen LogP contribution in [0.2, 0.25) is 0 Å². The number of carbonyl (C=O) groups is 1. The predicted molar refractivity (Wildman–Crippen MR) is 70.9 cm³/mol. The SMILES string of the molecule is COc1cccc(COC(=O)OCC#CI)c1. The molecule has 4 nitrogen and oxygen atoms in total. The summed E-state index contributed by atoms with van der Waals surface area (Å²) in [5.41, 5.74) is 0.835. The van der Waals surface area contributed by atoms with E-state index in [2.05, 4.69) is 14.6 Å². The standard InChI is InChI=1S/C12H11IO4/c1-15-11-5-2-4-10(8-11)9-17-12(14)16-7-3-6-13/h2,4-5,8H,7,9H2,1H3. The van der Waals surface area contributed by atoms with Gasteiger partial charge in [-0.2, -0.15) is 0 Å². The zero-order valence-electron chi connectivity index (χ0n) is 9.23. The Morgan fingerprint density at radius 3 is 2.94 bits per heavy atom. The lowest BCUT2D eigenvalue weighted by atomic mass is 10.2. The Hall–Kier alpha value is -1.42. The summed E-state index contributed by atoms with van der Waals surface area (Å²) in [6.45, 7) is 0.188. The summed E-state index contributed by atoms with van der Waals surface area (Å²) in [4.78, 5) is 11.1. The highest BCUT2D eigenvalue weighted by molar-refractivity contribution is 14.1. The molecule has 0 saturated carbocycles. The first-order valence-electron chi connectivity index (χ1n) is 4.77. The molecule has 0 N–H and O–H groups in total. The summed E-state index contributed by atoms with van der Waals surface area (Å²) in [5.74, 6) is 3.31. The van der Waals surface area contributed by atoms with Crippen LogP contribution in [-0.2, 0) is 16.1 Å². The first-order chi connectivity index (χ1) is 8.26. The van der Waals surface area contributed by atoms with Gasteiger partial charge >= 0.3 is 6.16 Å². The molecule has 0 fully saturated rings. The van der Waals surface area contributed by atoms with Crippen LogP contribution >= 0.6 is 22.6 Å². The van der Waals surface area contributed by atoms with Gasteiger partial charge in [-0.05, 0) is 21.6 Å². The molecule has 0 bridgehead atoms. The zero-order chi connectivity index (χ0) is 12.5. The van der Waals surface area contributed by atoms with Crippen LogP contribution in [-0.4, -0.2) is 19.9 Å². The van der Waals surface area contributed by atoms with Crippen molar-refractivity contribution >= 4 is 28.7 Å². The summed E-state index contributed by atoms with van der Waals surface area (Å²) in [6, 6.07) is 7.26. The van der Waals surface area contributed by atoms with Gasteiger partial charge < -0.3 is 14.2 Å². The van der Waals surface area contributed by atoms with Crippen molar-refractivity contribution in [3.63, 3.8) is 0 Å². The molecular formula is C12H11IO4. The molecule has 0 heterocycles. The van der Waals surface area contributed by atoms with Crippen LogP contribution in [0.4, 0.5) is 4.79 Å². The zero-order valence-corrected chi connectivity index (χ0v) is 11.4. The van der Waals surface area contributed by atoms with Crippen LogP contribution in [0.3, 0.4) is 0 Å². The van der Waals surface area contributed by atoms with Gasteiger partial charge in [-0.25, -0.2) is 4.79 Å². The van der Waals surface area contributed by atoms with Crippen molar-refractivity contribution in [1.82, 2.24) is 0 Å². The van der Waals surface area contributed by atoms with Crippen LogP contribution in [0, 0.1) is 9.85 Å². The van der Waals surface area contributed by atoms with Crippen molar-refractivity contribution in [2.45, 2.75) is 6.61 Å². The molecule has 17 heavy (non-hydrogen) atoms. The van der Waals surface area contributed by atoms with E-state index in [0.29, 0.717) is 0 Å². The van der Waals surface area contributed by atoms with Crippen molar-refractivity contribution in [3.8, 4) is 15.6 Å². The van der Waals surface area contributed by atoms with E-state index < -0.39 is 6.16 Å². The molecule has 0 radical (unpaired) electrons. The first-order valence-corrected chi connectivity index (χ1v) is 5.85. The maximum absolute atomic E-state index is 11.1. The molecule has 0 aliphatic carbocycles. The summed E-state index contributed by atoms with van der Waals surface area (Å²) in [6.07, 6.45) is -0.730. The molecule has 1 aromatic rings. The van der Waals surface area contributed by atoms with E-state index in [0.717, 1.165) is 11.3 Å². The van der Waals surface area contributed by atoms with Gasteiger partial charge in [0.25, 0.3) is 0 Å². The first kappa shape index (κ1) is 13.6. The second-order valence-corrected chi connectivity index (χ2v) is 3.49. The molecular weight excluding hydrogens is 335 g/mol. The van der Waals surface area contributed by atoms with Crippen molar-refractivity contribution in [2.24, 2.45) is 0 Å². The maximum Gasteiger partial charge on any atom is 0.509 e. The van der Waals surface area contributed by atoms with Crippen molar-refractivity contribution in [2.75, 3.05) is 13.7 Å². The number of hydrogen-bond donors (Lipinski definition) is 0. The lowest BCUT2D eigenvalue weighted by Gasteiger charge is -2.05. The van der Waals surface area contributed by atoms with Crippen LogP contribution in [0.15, 0.2) is 24.3 Å². The molecule has 0 spiro atoms. The normalized spacial score (nSPS) is 8.82. The van der Waals surface area contributed by atoms with Crippen molar-refractivity contribution < 1.29 is 19.0 Å². The molecule has 0 aliphatic heterocycles. The fraction of sp³-hybridized carbons (Fsp3) is 0.250. The minimum atomic E-state index is -0.730. The lowest BCUT2D eigenvalue weighted by molar-refractivity contribution is 0.0589. The van der Waals surface area contributed by atoms with Crippen molar-refractivity contribution in [1.29, 1.82) is 0 Å². The Morgan fingerprint density at radius 2 is 2.24 bits per heavy atom. The van der Waals surface area contributed by atoms with Crippen LogP contribution in [0.25, 0.3) is 0 Å². The van der Waals surface area contributed by atoms with Crippen LogP contribution in [0.5, 0.6) is 5.75 Å². The average Bonchev–Trinajstić information content (AvgIpc) is 2.37. The number of benzene rings is 1.